The van der Waals surface area contributed by atoms with Crippen LogP contribution in [0.1, 0.15) is 37.7 Å². The molecule has 0 unspecified atom stereocenters. The van der Waals surface area contributed by atoms with Crippen molar-refractivity contribution in [1.82, 2.24) is 25.6 Å². The molecule has 4 rings (SSSR count). The van der Waals surface area contributed by atoms with Gasteiger partial charge in [0, 0.05) is 24.5 Å². The van der Waals surface area contributed by atoms with Crippen molar-refractivity contribution in [1.29, 1.82) is 0 Å². The van der Waals surface area contributed by atoms with Crippen LogP contribution in [-0.2, 0) is 35.2 Å². The Balaban J connectivity index is 1.51. The third-order valence-electron chi connectivity index (χ3n) is 6.47. The molecule has 3 atom stereocenters. The van der Waals surface area contributed by atoms with Gasteiger partial charge in [-0.3, -0.25) is 34.0 Å². The number of benzene rings is 1. The molecule has 12 heteroatoms. The first-order valence-electron chi connectivity index (χ1n) is 12.0. The number of nitrogens with one attached hydrogen (secondary N) is 2. The number of fused-ring (bicyclic) bond motifs is 2. The molecule has 2 saturated heterocycles. The Hall–Kier alpha value is -4.35. The third-order valence-corrected chi connectivity index (χ3v) is 6.47. The van der Waals surface area contributed by atoms with Gasteiger partial charge < -0.3 is 20.5 Å². The first-order valence-corrected chi connectivity index (χ1v) is 12.0. The lowest BCUT2D eigenvalue weighted by Crippen LogP contribution is -2.64. The number of amides is 4. The summed E-state index contributed by atoms with van der Waals surface area (Å²) in [6.07, 6.45) is 2.06. The molecule has 1 aromatic heterocycles. The van der Waals surface area contributed by atoms with Gasteiger partial charge in [-0.1, -0.05) is 18.2 Å². The highest BCUT2D eigenvalue weighted by Crippen LogP contribution is 2.25. The zero-order valence-electron chi connectivity index (χ0n) is 20.0. The monoisotopic (exact) mass is 509 g/mol. The Labute approximate surface area is 212 Å². The maximum Gasteiger partial charge on any atom is 0.305 e. The van der Waals surface area contributed by atoms with Crippen LogP contribution in [-0.4, -0.2) is 80.7 Å². The van der Waals surface area contributed by atoms with Crippen molar-refractivity contribution in [2.45, 2.75) is 56.7 Å². The number of carboxylic acids is 1. The van der Waals surface area contributed by atoms with Crippen LogP contribution in [0.4, 0.5) is 0 Å². The number of nitrogens with zero attached hydrogens (tertiary/aromatic N) is 3. The summed E-state index contributed by atoms with van der Waals surface area (Å²) in [6, 6.07) is 5.61. The highest BCUT2D eigenvalue weighted by atomic mass is 16.4. The zero-order chi connectivity index (χ0) is 26.5. The number of aldehydes is 1. The van der Waals surface area contributed by atoms with Crippen LogP contribution in [0.2, 0.25) is 0 Å². The minimum absolute atomic E-state index is 0.00428. The number of rotatable bonds is 8. The van der Waals surface area contributed by atoms with E-state index in [2.05, 4.69) is 15.6 Å². The quantitative estimate of drug-likeness (QED) is 0.417. The number of hydrogen-bond donors (Lipinski definition) is 3. The fourth-order valence-electron chi connectivity index (χ4n) is 4.75. The van der Waals surface area contributed by atoms with Crippen molar-refractivity contribution >= 4 is 46.8 Å². The molecule has 2 aromatic rings. The summed E-state index contributed by atoms with van der Waals surface area (Å²) < 4.78 is 0. The van der Waals surface area contributed by atoms with Crippen molar-refractivity contribution in [3.8, 4) is 0 Å². The van der Waals surface area contributed by atoms with Gasteiger partial charge in [0.05, 0.1) is 24.4 Å². The number of carbonyl (C=O) groups is 6. The van der Waals surface area contributed by atoms with Gasteiger partial charge in [-0.15, -0.1) is 0 Å². The second-order valence-corrected chi connectivity index (χ2v) is 9.03. The van der Waals surface area contributed by atoms with Gasteiger partial charge in [0.1, 0.15) is 18.4 Å². The average Bonchev–Trinajstić information content (AvgIpc) is 3.00. The second kappa shape index (κ2) is 11.1. The van der Waals surface area contributed by atoms with Gasteiger partial charge in [-0.2, -0.15) is 0 Å². The fraction of sp³-hybridized carbons (Fsp3) is 0.400. The largest absolute Gasteiger partial charge is 0.481 e. The highest BCUT2D eigenvalue weighted by Gasteiger charge is 2.44. The molecule has 0 spiro atoms. The van der Waals surface area contributed by atoms with E-state index in [1.165, 1.54) is 5.01 Å². The van der Waals surface area contributed by atoms with Crippen molar-refractivity contribution < 1.29 is 33.9 Å². The van der Waals surface area contributed by atoms with E-state index in [4.69, 9.17) is 5.11 Å². The Morgan fingerprint density at radius 2 is 1.97 bits per heavy atom. The van der Waals surface area contributed by atoms with Crippen molar-refractivity contribution in [3.63, 3.8) is 0 Å². The van der Waals surface area contributed by atoms with Gasteiger partial charge in [-0.05, 0) is 37.0 Å². The summed E-state index contributed by atoms with van der Waals surface area (Å²) in [5, 5.41) is 17.1. The predicted octanol–water partition coefficient (Wildman–Crippen LogP) is -0.0511. The molecule has 3 N–H and O–H groups in total. The third kappa shape index (κ3) is 5.74. The van der Waals surface area contributed by atoms with E-state index < -0.39 is 48.2 Å². The summed E-state index contributed by atoms with van der Waals surface area (Å²) in [6.45, 7) is 0.226. The Morgan fingerprint density at radius 1 is 1.16 bits per heavy atom. The molecular weight excluding hydrogens is 482 g/mol. The maximum absolute atomic E-state index is 13.5. The summed E-state index contributed by atoms with van der Waals surface area (Å²) in [4.78, 5) is 78.8. The molecule has 0 bridgehead atoms. The molecule has 3 heterocycles. The van der Waals surface area contributed by atoms with Gasteiger partial charge in [0.2, 0.25) is 17.7 Å². The number of carboxylic acid groups (broad SMARTS) is 1. The first kappa shape index (κ1) is 25.7. The van der Waals surface area contributed by atoms with E-state index in [-0.39, 0.29) is 38.1 Å². The lowest BCUT2D eigenvalue weighted by Gasteiger charge is -2.43. The lowest BCUT2D eigenvalue weighted by atomic mass is 10.0. The molecule has 1 aromatic carbocycles. The normalized spacial score (nSPS) is 20.5. The number of carbonyl (C=O) groups excluding carboxylic acids is 5. The minimum atomic E-state index is -1.27. The van der Waals surface area contributed by atoms with E-state index in [9.17, 15) is 28.8 Å². The topological polar surface area (TPSA) is 166 Å². The van der Waals surface area contributed by atoms with E-state index >= 15 is 0 Å². The first-order chi connectivity index (χ1) is 17.8. The molecule has 0 radical (unpaired) electrons. The zero-order valence-corrected chi connectivity index (χ0v) is 20.0. The molecular formula is C25H27N5O7. The molecule has 0 aliphatic carbocycles. The summed E-state index contributed by atoms with van der Waals surface area (Å²) >= 11 is 0. The SMILES string of the molecule is O=C[C@H](CC(=O)O)NC(=O)[C@@H]1CCCN2C(=O)CC[C@H](NC(=O)Cc3cccc4ncccc34)C(=O)N12. The molecule has 194 valence electrons. The van der Waals surface area contributed by atoms with Crippen molar-refractivity contribution in [2.24, 2.45) is 0 Å². The van der Waals surface area contributed by atoms with Crippen LogP contribution in [0.25, 0.3) is 10.9 Å². The predicted molar refractivity (Wildman–Crippen MR) is 128 cm³/mol. The molecule has 37 heavy (non-hydrogen) atoms. The fourth-order valence-corrected chi connectivity index (χ4v) is 4.75. The summed E-state index contributed by atoms with van der Waals surface area (Å²) in [5.41, 5.74) is 1.47. The van der Waals surface area contributed by atoms with Crippen LogP contribution >= 0.6 is 0 Å². The van der Waals surface area contributed by atoms with E-state index in [1.54, 1.807) is 24.4 Å². The van der Waals surface area contributed by atoms with Crippen LogP contribution < -0.4 is 10.6 Å². The van der Waals surface area contributed by atoms with Crippen LogP contribution in [0.15, 0.2) is 36.5 Å². The summed E-state index contributed by atoms with van der Waals surface area (Å²) in [5.74, 6) is -3.40. The van der Waals surface area contributed by atoms with Crippen molar-refractivity contribution in [3.05, 3.63) is 42.1 Å². The Bertz CT molecular complexity index is 1240. The Kier molecular flexibility index (Phi) is 7.75. The number of aromatic nitrogens is 1. The van der Waals surface area contributed by atoms with E-state index in [0.717, 1.165) is 21.5 Å². The van der Waals surface area contributed by atoms with Crippen LogP contribution in [0.3, 0.4) is 0 Å². The molecule has 2 aliphatic heterocycles. The van der Waals surface area contributed by atoms with Crippen LogP contribution in [0.5, 0.6) is 0 Å². The lowest BCUT2D eigenvalue weighted by molar-refractivity contribution is -0.176. The number of hydrogen-bond acceptors (Lipinski definition) is 7. The minimum Gasteiger partial charge on any atom is -0.481 e. The molecule has 12 nitrogen and oxygen atoms in total. The molecule has 2 fully saturated rings. The number of hydrazine groups is 1. The highest BCUT2D eigenvalue weighted by molar-refractivity contribution is 5.97. The standard InChI is InChI=1S/C25H27N5O7/c31-14-16(13-23(34)35)27-24(36)20-7-3-11-29-22(33)9-8-19(25(37)30(20)29)28-21(32)12-15-4-1-6-18-17(15)5-2-10-26-18/h1-2,4-6,10,14,16,19-20H,3,7-9,11-13H2,(H,27,36)(H,28,32)(H,34,35)/t16-,19-,20-/m0/s1. The number of aliphatic carboxylic acids is 1. The molecule has 4 amide bonds. The summed E-state index contributed by atoms with van der Waals surface area (Å²) in [7, 11) is 0. The van der Waals surface area contributed by atoms with E-state index in [1.807, 2.05) is 12.1 Å². The second-order valence-electron chi connectivity index (χ2n) is 9.03. The molecule has 0 saturated carbocycles. The Morgan fingerprint density at radius 3 is 2.73 bits per heavy atom. The van der Waals surface area contributed by atoms with Gasteiger partial charge in [-0.25, -0.2) is 5.01 Å². The van der Waals surface area contributed by atoms with E-state index in [0.29, 0.717) is 12.7 Å². The smallest absolute Gasteiger partial charge is 0.305 e. The molecule has 2 aliphatic rings. The average molecular weight is 510 g/mol. The van der Waals surface area contributed by atoms with Gasteiger partial charge in [0.25, 0.3) is 5.91 Å². The van der Waals surface area contributed by atoms with Gasteiger partial charge in [0.15, 0.2) is 0 Å². The number of pyridine rings is 1. The van der Waals surface area contributed by atoms with Crippen molar-refractivity contribution in [2.75, 3.05) is 6.54 Å². The van der Waals surface area contributed by atoms with Crippen LogP contribution in [0, 0.1) is 0 Å². The van der Waals surface area contributed by atoms with Gasteiger partial charge >= 0.3 is 5.97 Å². The maximum atomic E-state index is 13.5.